The van der Waals surface area contributed by atoms with Crippen LogP contribution in [0.15, 0.2) is 47.4 Å². The minimum absolute atomic E-state index is 0.0643. The number of fused-ring (bicyclic) bond motifs is 1. The van der Waals surface area contributed by atoms with Crippen LogP contribution >= 0.6 is 0 Å². The topological polar surface area (TPSA) is 105 Å². The lowest BCUT2D eigenvalue weighted by Gasteiger charge is -2.30. The minimum atomic E-state index is -3.65. The van der Waals surface area contributed by atoms with E-state index in [4.69, 9.17) is 9.47 Å². The molecule has 3 aliphatic rings. The summed E-state index contributed by atoms with van der Waals surface area (Å²) in [5.41, 5.74) is 1.64. The molecule has 0 atom stereocenters. The van der Waals surface area contributed by atoms with E-state index in [1.165, 1.54) is 4.31 Å². The van der Waals surface area contributed by atoms with Gasteiger partial charge in [0.2, 0.25) is 28.6 Å². The number of carbonyl (C=O) groups is 2. The lowest BCUT2D eigenvalue weighted by molar-refractivity contribution is -0.126. The summed E-state index contributed by atoms with van der Waals surface area (Å²) in [6, 6.07) is 12.0. The first kappa shape index (κ1) is 22.7. The summed E-state index contributed by atoms with van der Waals surface area (Å²) in [5, 5.41) is 2.95. The van der Waals surface area contributed by atoms with Gasteiger partial charge in [-0.25, -0.2) is 8.42 Å². The van der Waals surface area contributed by atoms with Crippen molar-refractivity contribution in [3.05, 3.63) is 48.0 Å². The zero-order chi connectivity index (χ0) is 23.7. The lowest BCUT2D eigenvalue weighted by atomic mass is 9.97. The smallest absolute Gasteiger partial charge is 0.243 e. The van der Waals surface area contributed by atoms with Gasteiger partial charge >= 0.3 is 0 Å². The van der Waals surface area contributed by atoms with Crippen LogP contribution in [0.3, 0.4) is 0 Å². The first-order chi connectivity index (χ1) is 16.4. The van der Waals surface area contributed by atoms with Crippen molar-refractivity contribution >= 4 is 27.5 Å². The number of nitrogens with zero attached hydrogens (tertiary/aromatic N) is 2. The van der Waals surface area contributed by atoms with E-state index in [0.717, 1.165) is 17.7 Å². The number of carbonyl (C=O) groups excluding carboxylic acids is 2. The van der Waals surface area contributed by atoms with Gasteiger partial charge in [-0.15, -0.1) is 0 Å². The molecule has 3 heterocycles. The Morgan fingerprint density at radius 1 is 1.00 bits per heavy atom. The van der Waals surface area contributed by atoms with Crippen LogP contribution in [-0.2, 0) is 26.2 Å². The van der Waals surface area contributed by atoms with E-state index in [2.05, 4.69) is 5.32 Å². The fourth-order valence-electron chi connectivity index (χ4n) is 4.61. The van der Waals surface area contributed by atoms with E-state index >= 15 is 0 Å². The second kappa shape index (κ2) is 9.27. The van der Waals surface area contributed by atoms with E-state index in [1.54, 1.807) is 29.2 Å². The maximum absolute atomic E-state index is 13.1. The average Bonchev–Trinajstić information content (AvgIpc) is 3.51. The molecule has 2 amide bonds. The van der Waals surface area contributed by atoms with E-state index in [1.807, 2.05) is 18.2 Å². The van der Waals surface area contributed by atoms with Crippen molar-refractivity contribution in [3.63, 3.8) is 0 Å². The molecular weight excluding hydrogens is 458 g/mol. The number of benzene rings is 2. The molecule has 34 heavy (non-hydrogen) atoms. The third kappa shape index (κ3) is 4.47. The summed E-state index contributed by atoms with van der Waals surface area (Å²) in [6.45, 7) is 1.82. The van der Waals surface area contributed by atoms with Gasteiger partial charge in [0, 0.05) is 44.2 Å². The van der Waals surface area contributed by atoms with E-state index < -0.39 is 10.0 Å². The molecule has 0 unspecified atom stereocenters. The van der Waals surface area contributed by atoms with Crippen molar-refractivity contribution in [2.24, 2.45) is 5.92 Å². The fourth-order valence-corrected chi connectivity index (χ4v) is 6.08. The predicted octanol–water partition coefficient (Wildman–Crippen LogP) is 2.26. The van der Waals surface area contributed by atoms with Crippen LogP contribution in [0, 0.1) is 5.92 Å². The number of hydrogen-bond donors (Lipinski definition) is 1. The molecule has 2 fully saturated rings. The SMILES string of the molecule is O=C(NCc1ccc2c(c1)OCO2)C1CCN(S(=O)(=O)c2ccc(N3CCCC3=O)cc2)CC1. The average molecular weight is 486 g/mol. The van der Waals surface area contributed by atoms with Gasteiger partial charge in [-0.1, -0.05) is 6.07 Å². The molecule has 180 valence electrons. The Bertz CT molecular complexity index is 1190. The van der Waals surface area contributed by atoms with Crippen LogP contribution in [0.2, 0.25) is 0 Å². The Labute approximate surface area is 198 Å². The molecule has 0 radical (unpaired) electrons. The fraction of sp³-hybridized carbons (Fsp3) is 0.417. The van der Waals surface area contributed by atoms with Gasteiger partial charge in [-0.05, 0) is 61.2 Å². The number of nitrogens with one attached hydrogen (secondary N) is 1. The molecule has 2 aromatic rings. The molecule has 10 heteroatoms. The van der Waals surface area contributed by atoms with Crippen molar-refractivity contribution in [2.45, 2.75) is 37.1 Å². The normalized spacial score (nSPS) is 18.9. The molecule has 0 bridgehead atoms. The number of anilines is 1. The highest BCUT2D eigenvalue weighted by Crippen LogP contribution is 2.32. The van der Waals surface area contributed by atoms with Crippen molar-refractivity contribution in [2.75, 3.05) is 31.3 Å². The van der Waals surface area contributed by atoms with Gasteiger partial charge in [0.1, 0.15) is 0 Å². The predicted molar refractivity (Wildman–Crippen MR) is 124 cm³/mol. The maximum Gasteiger partial charge on any atom is 0.243 e. The molecule has 0 saturated carbocycles. The number of rotatable bonds is 6. The van der Waals surface area contributed by atoms with Gasteiger partial charge in [-0.3, -0.25) is 9.59 Å². The van der Waals surface area contributed by atoms with Crippen LogP contribution in [0.4, 0.5) is 5.69 Å². The summed E-state index contributed by atoms with van der Waals surface area (Å²) in [6.07, 6.45) is 2.27. The summed E-state index contributed by atoms with van der Waals surface area (Å²) >= 11 is 0. The second-order valence-electron chi connectivity index (χ2n) is 8.73. The highest BCUT2D eigenvalue weighted by atomic mass is 32.2. The summed E-state index contributed by atoms with van der Waals surface area (Å²) < 4.78 is 38.3. The van der Waals surface area contributed by atoms with Crippen LogP contribution in [0.1, 0.15) is 31.2 Å². The van der Waals surface area contributed by atoms with Gasteiger partial charge < -0.3 is 19.7 Å². The molecule has 0 aliphatic carbocycles. The molecule has 3 aliphatic heterocycles. The molecule has 2 aromatic carbocycles. The van der Waals surface area contributed by atoms with E-state index in [9.17, 15) is 18.0 Å². The van der Waals surface area contributed by atoms with Gasteiger partial charge in [0.05, 0.1) is 4.90 Å². The van der Waals surface area contributed by atoms with Crippen molar-refractivity contribution in [1.29, 1.82) is 0 Å². The monoisotopic (exact) mass is 485 g/mol. The Morgan fingerprint density at radius 3 is 2.44 bits per heavy atom. The summed E-state index contributed by atoms with van der Waals surface area (Å²) in [7, 11) is -3.65. The lowest BCUT2D eigenvalue weighted by Crippen LogP contribution is -2.42. The van der Waals surface area contributed by atoms with Gasteiger partial charge in [0.25, 0.3) is 0 Å². The Balaban J connectivity index is 1.15. The van der Waals surface area contributed by atoms with Gasteiger partial charge in [-0.2, -0.15) is 4.31 Å². The number of ether oxygens (including phenoxy) is 2. The number of hydrogen-bond acceptors (Lipinski definition) is 6. The number of piperidine rings is 1. The van der Waals surface area contributed by atoms with Crippen molar-refractivity contribution in [3.8, 4) is 11.5 Å². The van der Waals surface area contributed by atoms with E-state index in [0.29, 0.717) is 43.9 Å². The minimum Gasteiger partial charge on any atom is -0.454 e. The first-order valence-corrected chi connectivity index (χ1v) is 12.9. The molecular formula is C24H27N3O6S. The van der Waals surface area contributed by atoms with E-state index in [-0.39, 0.29) is 42.5 Å². The third-order valence-corrected chi connectivity index (χ3v) is 8.50. The van der Waals surface area contributed by atoms with Gasteiger partial charge in [0.15, 0.2) is 11.5 Å². The zero-order valence-electron chi connectivity index (χ0n) is 18.7. The largest absolute Gasteiger partial charge is 0.454 e. The van der Waals surface area contributed by atoms with Crippen LogP contribution in [-0.4, -0.2) is 51.0 Å². The first-order valence-electron chi connectivity index (χ1n) is 11.5. The molecule has 0 aromatic heterocycles. The molecule has 1 N–H and O–H groups in total. The van der Waals surface area contributed by atoms with Crippen molar-refractivity contribution < 1.29 is 27.5 Å². The molecule has 0 spiro atoms. The van der Waals surface area contributed by atoms with Crippen LogP contribution < -0.4 is 19.7 Å². The standard InChI is InChI=1S/C24H27N3O6S/c28-23-2-1-11-27(23)19-4-6-20(7-5-19)34(30,31)26-12-9-18(10-13-26)24(29)25-15-17-3-8-21-22(14-17)33-16-32-21/h3-8,14,18H,1-2,9-13,15-16H2,(H,25,29). The highest BCUT2D eigenvalue weighted by molar-refractivity contribution is 7.89. The number of sulfonamides is 1. The third-order valence-electron chi connectivity index (χ3n) is 6.59. The quantitative estimate of drug-likeness (QED) is 0.673. The maximum atomic E-state index is 13.1. The molecule has 9 nitrogen and oxygen atoms in total. The summed E-state index contributed by atoms with van der Waals surface area (Å²) in [5.74, 6) is 1.13. The van der Waals surface area contributed by atoms with Crippen LogP contribution in [0.5, 0.6) is 11.5 Å². The number of amides is 2. The zero-order valence-corrected chi connectivity index (χ0v) is 19.6. The van der Waals surface area contributed by atoms with Crippen LogP contribution in [0.25, 0.3) is 0 Å². The second-order valence-corrected chi connectivity index (χ2v) is 10.7. The molecule has 5 rings (SSSR count). The Morgan fingerprint density at radius 2 is 1.74 bits per heavy atom. The Hall–Kier alpha value is -3.11. The highest BCUT2D eigenvalue weighted by Gasteiger charge is 2.32. The Kier molecular flexibility index (Phi) is 6.18. The van der Waals surface area contributed by atoms with Crippen molar-refractivity contribution in [1.82, 2.24) is 9.62 Å². The molecule has 2 saturated heterocycles. The summed E-state index contributed by atoms with van der Waals surface area (Å²) in [4.78, 5) is 26.5.